The fraction of sp³-hybridized carbons (Fsp3) is 0.571. The number of piperidine rings is 1. The third-order valence-corrected chi connectivity index (χ3v) is 3.74. The molecule has 1 fully saturated rings. The lowest BCUT2D eigenvalue weighted by molar-refractivity contribution is -0.137. The summed E-state index contributed by atoms with van der Waals surface area (Å²) in [5, 5.41) is 0. The molecule has 0 amide bonds. The van der Waals surface area contributed by atoms with E-state index in [0.29, 0.717) is 5.69 Å². The first-order valence-corrected chi connectivity index (χ1v) is 6.60. The topological polar surface area (TPSA) is 29.3 Å². The summed E-state index contributed by atoms with van der Waals surface area (Å²) < 4.78 is 38.5. The van der Waals surface area contributed by atoms with Gasteiger partial charge in [-0.05, 0) is 43.9 Å². The van der Waals surface area contributed by atoms with E-state index in [9.17, 15) is 13.2 Å². The zero-order chi connectivity index (χ0) is 14.0. The Kier molecular flexibility index (Phi) is 4.04. The normalized spacial score (nSPS) is 20.7. The molecule has 0 bridgehead atoms. The molecule has 1 aliphatic rings. The summed E-state index contributed by atoms with van der Waals surface area (Å²) in [6, 6.07) is 4.12. The molecule has 2 rings (SSSR count). The van der Waals surface area contributed by atoms with Gasteiger partial charge < -0.3 is 10.6 Å². The van der Waals surface area contributed by atoms with Crippen molar-refractivity contribution >= 4 is 5.69 Å². The molecule has 1 aromatic carbocycles. The van der Waals surface area contributed by atoms with Gasteiger partial charge in [0, 0.05) is 24.8 Å². The van der Waals surface area contributed by atoms with Crippen LogP contribution in [-0.2, 0) is 12.7 Å². The molecule has 0 aromatic heterocycles. The maximum absolute atomic E-state index is 12.8. The van der Waals surface area contributed by atoms with Crippen LogP contribution < -0.4 is 10.6 Å². The largest absolute Gasteiger partial charge is 0.416 e. The molecule has 19 heavy (non-hydrogen) atoms. The van der Waals surface area contributed by atoms with E-state index < -0.39 is 11.7 Å². The number of rotatable bonds is 2. The van der Waals surface area contributed by atoms with Gasteiger partial charge in [-0.2, -0.15) is 13.2 Å². The minimum atomic E-state index is -4.30. The summed E-state index contributed by atoms with van der Waals surface area (Å²) in [6.45, 7) is 3.12. The van der Waals surface area contributed by atoms with E-state index >= 15 is 0 Å². The van der Waals surface area contributed by atoms with Crippen LogP contribution in [0, 0.1) is 0 Å². The average molecular weight is 272 g/mol. The predicted molar refractivity (Wildman–Crippen MR) is 70.0 cm³/mol. The zero-order valence-electron chi connectivity index (χ0n) is 11.0. The molecule has 106 valence electrons. The highest BCUT2D eigenvalue weighted by atomic mass is 19.4. The van der Waals surface area contributed by atoms with Crippen molar-refractivity contribution in [2.45, 2.75) is 44.9 Å². The Hall–Kier alpha value is -1.23. The van der Waals surface area contributed by atoms with Gasteiger partial charge in [-0.1, -0.05) is 6.07 Å². The van der Waals surface area contributed by atoms with Crippen molar-refractivity contribution in [2.75, 3.05) is 11.4 Å². The van der Waals surface area contributed by atoms with Crippen LogP contribution in [0.1, 0.15) is 37.3 Å². The van der Waals surface area contributed by atoms with Gasteiger partial charge in [0.1, 0.15) is 0 Å². The first-order valence-electron chi connectivity index (χ1n) is 6.60. The van der Waals surface area contributed by atoms with Crippen LogP contribution in [-0.4, -0.2) is 12.6 Å². The first-order chi connectivity index (χ1) is 8.93. The summed E-state index contributed by atoms with van der Waals surface area (Å²) in [7, 11) is 0. The van der Waals surface area contributed by atoms with Crippen LogP contribution in [0.5, 0.6) is 0 Å². The van der Waals surface area contributed by atoms with E-state index in [1.807, 2.05) is 0 Å². The van der Waals surface area contributed by atoms with Crippen LogP contribution in [0.25, 0.3) is 0 Å². The van der Waals surface area contributed by atoms with Crippen LogP contribution in [0.15, 0.2) is 18.2 Å². The smallest absolute Gasteiger partial charge is 0.369 e. The number of hydrogen-bond donors (Lipinski definition) is 1. The molecule has 0 spiro atoms. The van der Waals surface area contributed by atoms with E-state index in [1.54, 1.807) is 0 Å². The molecular formula is C14H19F3N2. The Balaban J connectivity index is 2.41. The summed E-state index contributed by atoms with van der Waals surface area (Å²) in [4.78, 5) is 2.06. The Morgan fingerprint density at radius 1 is 1.32 bits per heavy atom. The lowest BCUT2D eigenvalue weighted by Gasteiger charge is -2.37. The second kappa shape index (κ2) is 5.41. The minimum absolute atomic E-state index is 0.261. The van der Waals surface area contributed by atoms with E-state index in [2.05, 4.69) is 11.8 Å². The van der Waals surface area contributed by atoms with Gasteiger partial charge in [-0.25, -0.2) is 0 Å². The Labute approximate surface area is 111 Å². The molecule has 1 saturated heterocycles. The van der Waals surface area contributed by atoms with Gasteiger partial charge in [-0.15, -0.1) is 0 Å². The molecule has 1 aliphatic heterocycles. The highest BCUT2D eigenvalue weighted by Crippen LogP contribution is 2.35. The highest BCUT2D eigenvalue weighted by Gasteiger charge is 2.32. The SMILES string of the molecule is CC1CCCCN1c1cc(C(F)(F)F)ccc1CN. The molecule has 0 saturated carbocycles. The fourth-order valence-electron chi connectivity index (χ4n) is 2.64. The number of halogens is 3. The van der Waals surface area contributed by atoms with E-state index in [1.165, 1.54) is 12.1 Å². The number of benzene rings is 1. The second-order valence-corrected chi connectivity index (χ2v) is 5.08. The van der Waals surface area contributed by atoms with Crippen molar-refractivity contribution in [1.82, 2.24) is 0 Å². The maximum Gasteiger partial charge on any atom is 0.416 e. The number of anilines is 1. The van der Waals surface area contributed by atoms with Crippen LogP contribution in [0.2, 0.25) is 0 Å². The molecule has 0 aliphatic carbocycles. The quantitative estimate of drug-likeness (QED) is 0.892. The monoisotopic (exact) mass is 272 g/mol. The van der Waals surface area contributed by atoms with Gasteiger partial charge in [0.25, 0.3) is 0 Å². The van der Waals surface area contributed by atoms with Crippen LogP contribution >= 0.6 is 0 Å². The zero-order valence-corrected chi connectivity index (χ0v) is 11.0. The van der Waals surface area contributed by atoms with Crippen molar-refractivity contribution in [2.24, 2.45) is 5.73 Å². The van der Waals surface area contributed by atoms with Gasteiger partial charge in [-0.3, -0.25) is 0 Å². The number of nitrogens with zero attached hydrogens (tertiary/aromatic N) is 1. The van der Waals surface area contributed by atoms with E-state index in [-0.39, 0.29) is 12.6 Å². The third kappa shape index (κ3) is 3.03. The molecule has 0 radical (unpaired) electrons. The molecule has 1 heterocycles. The van der Waals surface area contributed by atoms with Gasteiger partial charge in [0.05, 0.1) is 5.56 Å². The van der Waals surface area contributed by atoms with Crippen molar-refractivity contribution in [1.29, 1.82) is 0 Å². The molecule has 5 heteroatoms. The lowest BCUT2D eigenvalue weighted by atomic mass is 9.99. The lowest BCUT2D eigenvalue weighted by Crippen LogP contribution is -2.38. The number of nitrogens with two attached hydrogens (primary N) is 1. The number of alkyl halides is 3. The highest BCUT2D eigenvalue weighted by molar-refractivity contribution is 5.57. The predicted octanol–water partition coefficient (Wildman–Crippen LogP) is 3.54. The Morgan fingerprint density at radius 3 is 2.63 bits per heavy atom. The Bertz CT molecular complexity index is 443. The van der Waals surface area contributed by atoms with E-state index in [0.717, 1.165) is 37.4 Å². The molecule has 1 atom stereocenters. The van der Waals surface area contributed by atoms with Crippen molar-refractivity contribution < 1.29 is 13.2 Å². The van der Waals surface area contributed by atoms with Crippen molar-refractivity contribution in [3.63, 3.8) is 0 Å². The molecular weight excluding hydrogens is 253 g/mol. The molecule has 1 aromatic rings. The van der Waals surface area contributed by atoms with Crippen LogP contribution in [0.3, 0.4) is 0 Å². The molecule has 1 unspecified atom stereocenters. The van der Waals surface area contributed by atoms with Crippen LogP contribution in [0.4, 0.5) is 18.9 Å². The minimum Gasteiger partial charge on any atom is -0.369 e. The van der Waals surface area contributed by atoms with Crippen molar-refractivity contribution in [3.8, 4) is 0 Å². The fourth-order valence-corrected chi connectivity index (χ4v) is 2.64. The third-order valence-electron chi connectivity index (χ3n) is 3.74. The van der Waals surface area contributed by atoms with Gasteiger partial charge in [0.15, 0.2) is 0 Å². The van der Waals surface area contributed by atoms with Crippen molar-refractivity contribution in [3.05, 3.63) is 29.3 Å². The average Bonchev–Trinajstić information content (AvgIpc) is 2.37. The summed E-state index contributed by atoms with van der Waals surface area (Å²) >= 11 is 0. The summed E-state index contributed by atoms with van der Waals surface area (Å²) in [5.41, 5.74) is 6.48. The standard InChI is InChI=1S/C14H19F3N2/c1-10-4-2-3-7-19(10)13-8-12(14(15,16)17)6-5-11(13)9-18/h5-6,8,10H,2-4,7,9,18H2,1H3. The Morgan fingerprint density at radius 2 is 2.05 bits per heavy atom. The van der Waals surface area contributed by atoms with Gasteiger partial charge >= 0.3 is 6.18 Å². The summed E-state index contributed by atoms with van der Waals surface area (Å²) in [5.74, 6) is 0. The second-order valence-electron chi connectivity index (χ2n) is 5.08. The van der Waals surface area contributed by atoms with E-state index in [4.69, 9.17) is 5.73 Å². The maximum atomic E-state index is 12.8. The van der Waals surface area contributed by atoms with Gasteiger partial charge in [0.2, 0.25) is 0 Å². The molecule has 2 N–H and O–H groups in total. The summed E-state index contributed by atoms with van der Waals surface area (Å²) in [6.07, 6.45) is -1.14. The number of hydrogen-bond acceptors (Lipinski definition) is 2. The molecule has 2 nitrogen and oxygen atoms in total. The first kappa shape index (κ1) is 14.2.